The van der Waals surface area contributed by atoms with Crippen molar-refractivity contribution in [2.45, 2.75) is 97.3 Å². The summed E-state index contributed by atoms with van der Waals surface area (Å²) in [5.74, 6) is 0.818. The lowest BCUT2D eigenvalue weighted by molar-refractivity contribution is 0.178. The molecule has 0 heterocycles. The monoisotopic (exact) mass is 263 g/mol. The van der Waals surface area contributed by atoms with E-state index in [1.165, 1.54) is 70.6 Å². The average molecular weight is 263 g/mol. The third-order valence-corrected chi connectivity index (χ3v) is 5.02. The van der Waals surface area contributed by atoms with Crippen LogP contribution in [0.15, 0.2) is 0 Å². The van der Waals surface area contributed by atoms with Gasteiger partial charge >= 0.3 is 0 Å². The lowest BCUT2D eigenvalue weighted by Gasteiger charge is -2.35. The van der Waals surface area contributed by atoms with Crippen molar-refractivity contribution < 1.29 is 0 Å². The van der Waals surface area contributed by atoms with E-state index < -0.39 is 0 Å². The van der Waals surface area contributed by atoms with Gasteiger partial charge in [-0.25, -0.2) is 0 Å². The Morgan fingerprint density at radius 3 is 2.37 bits per heavy atom. The molecule has 0 N–H and O–H groups in total. The first-order chi connectivity index (χ1) is 9.26. The number of hydrogen-bond acceptors (Lipinski definition) is 1. The number of unbranched alkanes of at least 4 members (excludes halogenated alkanes) is 6. The molecule has 110 valence electrons. The van der Waals surface area contributed by atoms with Crippen molar-refractivity contribution in [3.63, 3.8) is 0 Å². The predicted molar refractivity (Wildman–Crippen MR) is 82.9 cm³/mol. The first-order valence-corrected chi connectivity index (χ1v) is 8.67. The largest absolute Gasteiger partial charge is 0.198 e. The van der Waals surface area contributed by atoms with E-state index in [1.807, 2.05) is 0 Å². The first-order valence-electron chi connectivity index (χ1n) is 8.67. The third-order valence-electron chi connectivity index (χ3n) is 5.02. The molecule has 1 rings (SSSR count). The minimum absolute atomic E-state index is 0.0440. The highest BCUT2D eigenvalue weighted by Gasteiger charge is 2.35. The van der Waals surface area contributed by atoms with Gasteiger partial charge in [-0.3, -0.25) is 0 Å². The summed E-state index contributed by atoms with van der Waals surface area (Å²) in [6.45, 7) is 4.55. The van der Waals surface area contributed by atoms with Crippen LogP contribution in [0.2, 0.25) is 0 Å². The second kappa shape index (κ2) is 9.40. The zero-order valence-electron chi connectivity index (χ0n) is 13.2. The van der Waals surface area contributed by atoms with Crippen molar-refractivity contribution in [3.8, 4) is 6.07 Å². The van der Waals surface area contributed by atoms with Crippen molar-refractivity contribution >= 4 is 0 Å². The number of hydrogen-bond donors (Lipinski definition) is 0. The maximum atomic E-state index is 9.58. The van der Waals surface area contributed by atoms with Crippen LogP contribution in [0, 0.1) is 22.7 Å². The lowest BCUT2D eigenvalue weighted by atomic mass is 9.67. The van der Waals surface area contributed by atoms with Crippen LogP contribution in [0.25, 0.3) is 0 Å². The topological polar surface area (TPSA) is 23.8 Å². The van der Waals surface area contributed by atoms with Gasteiger partial charge in [0.25, 0.3) is 0 Å². The normalized spacial score (nSPS) is 27.1. The molecule has 1 saturated carbocycles. The molecule has 0 saturated heterocycles. The fraction of sp³-hybridized carbons (Fsp3) is 0.944. The Labute approximate surface area is 120 Å². The van der Waals surface area contributed by atoms with Crippen molar-refractivity contribution in [2.75, 3.05) is 0 Å². The van der Waals surface area contributed by atoms with Crippen LogP contribution in [-0.4, -0.2) is 0 Å². The molecule has 0 spiro atoms. The van der Waals surface area contributed by atoms with Crippen LogP contribution in [0.3, 0.4) is 0 Å². The van der Waals surface area contributed by atoms with Crippen LogP contribution in [-0.2, 0) is 0 Å². The van der Waals surface area contributed by atoms with E-state index in [1.54, 1.807) is 0 Å². The van der Waals surface area contributed by atoms with E-state index in [0.717, 1.165) is 18.8 Å². The molecule has 19 heavy (non-hydrogen) atoms. The van der Waals surface area contributed by atoms with Crippen molar-refractivity contribution in [1.82, 2.24) is 0 Å². The Morgan fingerprint density at radius 2 is 1.74 bits per heavy atom. The molecule has 0 aromatic heterocycles. The Kier molecular flexibility index (Phi) is 8.19. The number of rotatable bonds is 9. The molecule has 0 aromatic carbocycles. The van der Waals surface area contributed by atoms with E-state index in [-0.39, 0.29) is 5.41 Å². The average Bonchev–Trinajstić information content (AvgIpc) is 2.46. The Balaban J connectivity index is 2.19. The van der Waals surface area contributed by atoms with Gasteiger partial charge in [-0.05, 0) is 25.2 Å². The summed E-state index contributed by atoms with van der Waals surface area (Å²) in [7, 11) is 0. The predicted octanol–water partition coefficient (Wildman–Crippen LogP) is 6.24. The van der Waals surface area contributed by atoms with Crippen LogP contribution >= 0.6 is 0 Å². The number of nitriles is 1. The smallest absolute Gasteiger partial charge is 0.0689 e. The van der Waals surface area contributed by atoms with E-state index >= 15 is 0 Å². The van der Waals surface area contributed by atoms with Gasteiger partial charge in [0.1, 0.15) is 0 Å². The molecule has 2 atom stereocenters. The molecule has 1 fully saturated rings. The second-order valence-corrected chi connectivity index (χ2v) is 6.63. The summed E-state index contributed by atoms with van der Waals surface area (Å²) in [5.41, 5.74) is 0.0440. The van der Waals surface area contributed by atoms with E-state index in [2.05, 4.69) is 19.9 Å². The summed E-state index contributed by atoms with van der Waals surface area (Å²) in [6, 6.07) is 2.69. The molecule has 0 radical (unpaired) electrons. The van der Waals surface area contributed by atoms with Gasteiger partial charge in [-0.1, -0.05) is 78.1 Å². The molecule has 1 aliphatic rings. The number of nitrogens with zero attached hydrogens (tertiary/aromatic N) is 1. The van der Waals surface area contributed by atoms with Gasteiger partial charge in [0.2, 0.25) is 0 Å². The highest BCUT2D eigenvalue weighted by Crippen LogP contribution is 2.43. The minimum atomic E-state index is 0.0440. The lowest BCUT2D eigenvalue weighted by Crippen LogP contribution is -2.27. The maximum Gasteiger partial charge on any atom is 0.0689 e. The fourth-order valence-electron chi connectivity index (χ4n) is 3.64. The molecule has 1 heteroatoms. The molecule has 0 aliphatic heterocycles. The highest BCUT2D eigenvalue weighted by atomic mass is 14.4. The van der Waals surface area contributed by atoms with Crippen LogP contribution in [0.5, 0.6) is 0 Å². The summed E-state index contributed by atoms with van der Waals surface area (Å²) in [6.07, 6.45) is 16.9. The molecular weight excluding hydrogens is 230 g/mol. The van der Waals surface area contributed by atoms with E-state index in [9.17, 15) is 5.26 Å². The maximum absolute atomic E-state index is 9.58. The first kappa shape index (κ1) is 16.5. The minimum Gasteiger partial charge on any atom is -0.198 e. The SMILES string of the molecule is CCCCCCCCCC1(C#N)CCCC(CC)C1. The highest BCUT2D eigenvalue weighted by molar-refractivity contribution is 5.01. The van der Waals surface area contributed by atoms with Crippen LogP contribution < -0.4 is 0 Å². The van der Waals surface area contributed by atoms with Crippen molar-refractivity contribution in [3.05, 3.63) is 0 Å². The Hall–Kier alpha value is -0.510. The molecule has 1 aliphatic carbocycles. The second-order valence-electron chi connectivity index (χ2n) is 6.63. The molecular formula is C18H33N. The van der Waals surface area contributed by atoms with Crippen LogP contribution in [0.4, 0.5) is 0 Å². The van der Waals surface area contributed by atoms with Crippen molar-refractivity contribution in [1.29, 1.82) is 5.26 Å². The van der Waals surface area contributed by atoms with Crippen LogP contribution in [0.1, 0.15) is 97.3 Å². The standard InChI is InChI=1S/C18H33N/c1-3-5-6-7-8-9-10-13-18(16-19)14-11-12-17(4-2)15-18/h17H,3-15H2,1-2H3. The summed E-state index contributed by atoms with van der Waals surface area (Å²) in [5, 5.41) is 9.58. The summed E-state index contributed by atoms with van der Waals surface area (Å²) in [4.78, 5) is 0. The zero-order valence-corrected chi connectivity index (χ0v) is 13.2. The molecule has 0 amide bonds. The Morgan fingerprint density at radius 1 is 1.05 bits per heavy atom. The summed E-state index contributed by atoms with van der Waals surface area (Å²) >= 11 is 0. The van der Waals surface area contributed by atoms with E-state index in [4.69, 9.17) is 0 Å². The van der Waals surface area contributed by atoms with Crippen molar-refractivity contribution in [2.24, 2.45) is 11.3 Å². The zero-order chi connectivity index (χ0) is 14.0. The fourth-order valence-corrected chi connectivity index (χ4v) is 3.64. The van der Waals surface area contributed by atoms with Gasteiger partial charge in [0.05, 0.1) is 11.5 Å². The molecule has 0 bridgehead atoms. The molecule has 0 aromatic rings. The van der Waals surface area contributed by atoms with Gasteiger partial charge in [0.15, 0.2) is 0 Å². The van der Waals surface area contributed by atoms with Gasteiger partial charge in [-0.15, -0.1) is 0 Å². The summed E-state index contributed by atoms with van der Waals surface area (Å²) < 4.78 is 0. The van der Waals surface area contributed by atoms with Gasteiger partial charge < -0.3 is 0 Å². The quantitative estimate of drug-likeness (QED) is 0.452. The van der Waals surface area contributed by atoms with Gasteiger partial charge in [0, 0.05) is 0 Å². The Bertz CT molecular complexity index is 265. The van der Waals surface area contributed by atoms with E-state index in [0.29, 0.717) is 0 Å². The van der Waals surface area contributed by atoms with Gasteiger partial charge in [-0.2, -0.15) is 5.26 Å². The third kappa shape index (κ3) is 5.98. The molecule has 2 unspecified atom stereocenters. The molecule has 1 nitrogen and oxygen atoms in total.